The first-order valence-corrected chi connectivity index (χ1v) is 8.84. The van der Waals surface area contributed by atoms with Crippen LogP contribution in [0, 0.1) is 0 Å². The van der Waals surface area contributed by atoms with Gasteiger partial charge in [0.15, 0.2) is 6.29 Å². The third-order valence-corrected chi connectivity index (χ3v) is 4.68. The van der Waals surface area contributed by atoms with Crippen LogP contribution in [0.1, 0.15) is 17.4 Å². The normalized spacial score (nSPS) is 31.3. The van der Waals surface area contributed by atoms with Gasteiger partial charge in [-0.1, -0.05) is 60.7 Å². The fourth-order valence-corrected chi connectivity index (χ4v) is 3.28. The molecule has 0 amide bonds. The predicted octanol–water partition coefficient (Wildman–Crippen LogP) is 1.95. The topological polar surface area (TPSA) is 69.2 Å². The van der Waals surface area contributed by atoms with Crippen LogP contribution in [0.2, 0.25) is 0 Å². The number of nitrogens with one attached hydrogen (secondary N) is 1. The van der Waals surface area contributed by atoms with E-state index in [1.165, 1.54) is 0 Å². The molecule has 0 aromatic heterocycles. The van der Waals surface area contributed by atoms with E-state index in [0.717, 1.165) is 11.1 Å². The summed E-state index contributed by atoms with van der Waals surface area (Å²) in [6, 6.07) is 19.2. The fraction of sp³-hybridized carbons (Fsp3) is 0.400. The standard InChI is InChI=1S/C20H23NO5/c22-16-12-23-17-13-24-20(15-9-5-2-6-10-15)26-19(17)18(16)21-25-11-14-7-3-1-4-8-14/h1-10,16-22H,11-13H2/t16-,17+,18-,19-,20-/m0/s1. The fourth-order valence-electron chi connectivity index (χ4n) is 3.28. The summed E-state index contributed by atoms with van der Waals surface area (Å²) in [6.45, 7) is 1.03. The SMILES string of the molecule is O[C@H]1CO[C@@H]2CO[C@H](c3ccccc3)O[C@@H]2[C@H]1NOCc1ccccc1. The zero-order valence-corrected chi connectivity index (χ0v) is 14.4. The molecular weight excluding hydrogens is 334 g/mol. The van der Waals surface area contributed by atoms with Crippen LogP contribution < -0.4 is 5.48 Å². The van der Waals surface area contributed by atoms with Crippen molar-refractivity contribution in [3.63, 3.8) is 0 Å². The van der Waals surface area contributed by atoms with Gasteiger partial charge < -0.3 is 19.3 Å². The van der Waals surface area contributed by atoms with Gasteiger partial charge in [-0.15, -0.1) is 0 Å². The van der Waals surface area contributed by atoms with Crippen LogP contribution >= 0.6 is 0 Å². The lowest BCUT2D eigenvalue weighted by atomic mass is 9.97. The first-order chi connectivity index (χ1) is 12.8. The largest absolute Gasteiger partial charge is 0.389 e. The Balaban J connectivity index is 1.41. The van der Waals surface area contributed by atoms with Crippen LogP contribution in [-0.2, 0) is 25.7 Å². The number of benzene rings is 2. The van der Waals surface area contributed by atoms with Crippen molar-refractivity contribution >= 4 is 0 Å². The molecule has 0 radical (unpaired) electrons. The van der Waals surface area contributed by atoms with Crippen molar-refractivity contribution in [3.8, 4) is 0 Å². The highest BCUT2D eigenvalue weighted by molar-refractivity contribution is 5.17. The van der Waals surface area contributed by atoms with E-state index in [2.05, 4.69) is 5.48 Å². The van der Waals surface area contributed by atoms with Gasteiger partial charge >= 0.3 is 0 Å². The molecule has 2 aliphatic heterocycles. The van der Waals surface area contributed by atoms with Crippen LogP contribution in [0.15, 0.2) is 60.7 Å². The molecule has 5 atom stereocenters. The summed E-state index contributed by atoms with van der Waals surface area (Å²) in [7, 11) is 0. The highest BCUT2D eigenvalue weighted by atomic mass is 16.7. The summed E-state index contributed by atoms with van der Waals surface area (Å²) < 4.78 is 17.6. The maximum Gasteiger partial charge on any atom is 0.184 e. The van der Waals surface area contributed by atoms with Crippen LogP contribution in [-0.4, -0.2) is 42.7 Å². The molecular formula is C20H23NO5. The number of ether oxygens (including phenoxy) is 3. The number of hydrogen-bond donors (Lipinski definition) is 2. The van der Waals surface area contributed by atoms with E-state index in [4.69, 9.17) is 19.0 Å². The Kier molecular flexibility index (Phi) is 5.59. The second-order valence-corrected chi connectivity index (χ2v) is 6.53. The Morgan fingerprint density at radius 3 is 2.46 bits per heavy atom. The van der Waals surface area contributed by atoms with Gasteiger partial charge in [0, 0.05) is 5.56 Å². The monoisotopic (exact) mass is 357 g/mol. The minimum Gasteiger partial charge on any atom is -0.389 e. The Morgan fingerprint density at radius 2 is 1.69 bits per heavy atom. The third-order valence-electron chi connectivity index (χ3n) is 4.68. The molecule has 6 nitrogen and oxygen atoms in total. The van der Waals surface area contributed by atoms with Crippen LogP contribution in [0.25, 0.3) is 0 Å². The zero-order valence-electron chi connectivity index (χ0n) is 14.4. The van der Waals surface area contributed by atoms with Gasteiger partial charge in [0.2, 0.25) is 0 Å². The minimum absolute atomic E-state index is 0.219. The van der Waals surface area contributed by atoms with Crippen molar-refractivity contribution in [2.75, 3.05) is 13.2 Å². The van der Waals surface area contributed by atoms with Gasteiger partial charge in [0.25, 0.3) is 0 Å². The molecule has 138 valence electrons. The Labute approximate surface area is 152 Å². The molecule has 0 aliphatic carbocycles. The second-order valence-electron chi connectivity index (χ2n) is 6.53. The first-order valence-electron chi connectivity index (χ1n) is 8.84. The van der Waals surface area contributed by atoms with Gasteiger partial charge in [-0.3, -0.25) is 4.84 Å². The Hall–Kier alpha value is -1.80. The van der Waals surface area contributed by atoms with Crippen molar-refractivity contribution in [2.24, 2.45) is 0 Å². The first kappa shape index (κ1) is 17.6. The summed E-state index contributed by atoms with van der Waals surface area (Å²) in [5, 5.41) is 10.4. The van der Waals surface area contributed by atoms with Crippen LogP contribution in [0.3, 0.4) is 0 Å². The molecule has 2 aromatic carbocycles. The van der Waals surface area contributed by atoms with E-state index in [-0.39, 0.29) is 18.8 Å². The van der Waals surface area contributed by atoms with Crippen molar-refractivity contribution in [3.05, 3.63) is 71.8 Å². The molecule has 6 heteroatoms. The number of hydrogen-bond acceptors (Lipinski definition) is 6. The van der Waals surface area contributed by atoms with Gasteiger partial charge in [-0.05, 0) is 5.56 Å². The second kappa shape index (κ2) is 8.26. The molecule has 0 saturated carbocycles. The van der Waals surface area contributed by atoms with Gasteiger partial charge in [0.05, 0.1) is 32.0 Å². The maximum absolute atomic E-state index is 10.4. The molecule has 26 heavy (non-hydrogen) atoms. The lowest BCUT2D eigenvalue weighted by Crippen LogP contribution is -2.63. The maximum atomic E-state index is 10.4. The van der Waals surface area contributed by atoms with E-state index in [9.17, 15) is 5.11 Å². The Morgan fingerprint density at radius 1 is 0.962 bits per heavy atom. The minimum atomic E-state index is -0.721. The van der Waals surface area contributed by atoms with E-state index < -0.39 is 18.4 Å². The van der Waals surface area contributed by atoms with Crippen molar-refractivity contribution in [1.82, 2.24) is 5.48 Å². The summed E-state index contributed by atoms with van der Waals surface area (Å²) in [5.74, 6) is 0. The van der Waals surface area contributed by atoms with E-state index in [1.807, 2.05) is 60.7 Å². The van der Waals surface area contributed by atoms with Crippen molar-refractivity contribution in [1.29, 1.82) is 0 Å². The molecule has 2 N–H and O–H groups in total. The quantitative estimate of drug-likeness (QED) is 0.798. The number of fused-ring (bicyclic) bond motifs is 1. The smallest absolute Gasteiger partial charge is 0.184 e. The highest BCUT2D eigenvalue weighted by Gasteiger charge is 2.45. The van der Waals surface area contributed by atoms with E-state index in [0.29, 0.717) is 13.2 Å². The number of aliphatic hydroxyl groups is 1. The number of rotatable bonds is 5. The molecule has 2 aliphatic rings. The molecule has 2 heterocycles. The molecule has 2 saturated heterocycles. The number of aliphatic hydroxyl groups excluding tert-OH is 1. The summed E-state index contributed by atoms with van der Waals surface area (Å²) in [5.41, 5.74) is 4.97. The zero-order chi connectivity index (χ0) is 17.8. The molecule has 4 rings (SSSR count). The molecule has 2 aromatic rings. The lowest BCUT2D eigenvalue weighted by Gasteiger charge is -2.45. The Bertz CT molecular complexity index is 683. The van der Waals surface area contributed by atoms with Crippen LogP contribution in [0.4, 0.5) is 0 Å². The van der Waals surface area contributed by atoms with Crippen molar-refractivity contribution in [2.45, 2.75) is 37.3 Å². The van der Waals surface area contributed by atoms with Crippen LogP contribution in [0.5, 0.6) is 0 Å². The average molecular weight is 357 g/mol. The summed E-state index contributed by atoms with van der Waals surface area (Å²) in [6.07, 6.45) is -1.81. The molecule has 2 fully saturated rings. The lowest BCUT2D eigenvalue weighted by molar-refractivity contribution is -0.304. The van der Waals surface area contributed by atoms with E-state index in [1.54, 1.807) is 0 Å². The summed E-state index contributed by atoms with van der Waals surface area (Å²) >= 11 is 0. The van der Waals surface area contributed by atoms with Crippen molar-refractivity contribution < 1.29 is 24.2 Å². The number of hydroxylamine groups is 1. The summed E-state index contributed by atoms with van der Waals surface area (Å²) in [4.78, 5) is 5.63. The van der Waals surface area contributed by atoms with Gasteiger partial charge in [-0.2, -0.15) is 5.48 Å². The van der Waals surface area contributed by atoms with E-state index >= 15 is 0 Å². The molecule has 0 spiro atoms. The highest BCUT2D eigenvalue weighted by Crippen LogP contribution is 2.32. The van der Waals surface area contributed by atoms with Gasteiger partial charge in [-0.25, -0.2) is 0 Å². The van der Waals surface area contributed by atoms with Gasteiger partial charge in [0.1, 0.15) is 12.2 Å². The predicted molar refractivity (Wildman–Crippen MR) is 93.9 cm³/mol. The molecule has 0 unspecified atom stereocenters. The third kappa shape index (κ3) is 3.96. The molecule has 0 bridgehead atoms. The average Bonchev–Trinajstić information content (AvgIpc) is 2.71.